The first kappa shape index (κ1) is 15.4. The lowest BCUT2D eigenvalue weighted by Crippen LogP contribution is -2.19. The van der Waals surface area contributed by atoms with Crippen LogP contribution in [-0.4, -0.2) is 6.03 Å². The van der Waals surface area contributed by atoms with Gasteiger partial charge in [-0.05, 0) is 55.3 Å². The van der Waals surface area contributed by atoms with Gasteiger partial charge in [0.05, 0.1) is 0 Å². The van der Waals surface area contributed by atoms with Gasteiger partial charge in [-0.1, -0.05) is 28.1 Å². The molecule has 0 aromatic heterocycles. The second-order valence-corrected chi connectivity index (χ2v) is 5.91. The number of nitrogens with two attached hydrogens (primary N) is 1. The molecule has 0 saturated heterocycles. The van der Waals surface area contributed by atoms with Crippen molar-refractivity contribution < 1.29 is 4.79 Å². The van der Waals surface area contributed by atoms with Crippen LogP contribution >= 0.6 is 15.9 Å². The number of carbonyl (C=O) groups excluding carboxylic acids is 1. The molecule has 0 spiro atoms. The van der Waals surface area contributed by atoms with Crippen molar-refractivity contribution in [3.8, 4) is 0 Å². The predicted octanol–water partition coefficient (Wildman–Crippen LogP) is 4.42. The highest BCUT2D eigenvalue weighted by molar-refractivity contribution is 9.10. The van der Waals surface area contributed by atoms with Gasteiger partial charge in [-0.3, -0.25) is 0 Å². The van der Waals surface area contributed by atoms with Gasteiger partial charge in [0.1, 0.15) is 0 Å². The van der Waals surface area contributed by atoms with Crippen LogP contribution in [0.5, 0.6) is 0 Å². The molecule has 0 bridgehead atoms. The number of urea groups is 1. The standard InChI is InChI=1S/C16H18BrN3O/c1-10-7-13(17)9-15(8-10)19-11(2)12-3-5-14(6-4-12)20-16(18)21/h3-9,11,19H,1-2H3,(H3,18,20,21). The molecule has 1 atom stereocenters. The van der Waals surface area contributed by atoms with Crippen LogP contribution in [0, 0.1) is 6.92 Å². The number of halogens is 1. The van der Waals surface area contributed by atoms with E-state index < -0.39 is 6.03 Å². The van der Waals surface area contributed by atoms with Crippen LogP contribution in [0.4, 0.5) is 16.2 Å². The second kappa shape index (κ2) is 6.63. The number of rotatable bonds is 4. The Morgan fingerprint density at radius 1 is 1.14 bits per heavy atom. The van der Waals surface area contributed by atoms with Gasteiger partial charge in [-0.25, -0.2) is 4.79 Å². The molecule has 21 heavy (non-hydrogen) atoms. The smallest absolute Gasteiger partial charge is 0.316 e. The molecule has 2 aromatic carbocycles. The molecular formula is C16H18BrN3O. The number of hydrogen-bond donors (Lipinski definition) is 3. The van der Waals surface area contributed by atoms with Crippen LogP contribution < -0.4 is 16.4 Å². The molecule has 5 heteroatoms. The van der Waals surface area contributed by atoms with Gasteiger partial charge in [-0.15, -0.1) is 0 Å². The molecule has 4 nitrogen and oxygen atoms in total. The number of carbonyl (C=O) groups is 1. The highest BCUT2D eigenvalue weighted by atomic mass is 79.9. The minimum absolute atomic E-state index is 0.154. The maximum Gasteiger partial charge on any atom is 0.316 e. The van der Waals surface area contributed by atoms with Crippen LogP contribution in [0.25, 0.3) is 0 Å². The van der Waals surface area contributed by atoms with Gasteiger partial charge in [0.25, 0.3) is 0 Å². The van der Waals surface area contributed by atoms with Gasteiger partial charge < -0.3 is 16.4 Å². The first-order valence-electron chi connectivity index (χ1n) is 6.64. The maximum atomic E-state index is 10.8. The normalized spacial score (nSPS) is 11.8. The maximum absolute atomic E-state index is 10.8. The van der Waals surface area contributed by atoms with Gasteiger partial charge in [0.15, 0.2) is 0 Å². The van der Waals surface area contributed by atoms with E-state index in [-0.39, 0.29) is 6.04 Å². The van der Waals surface area contributed by atoms with Crippen molar-refractivity contribution in [2.45, 2.75) is 19.9 Å². The molecule has 110 valence electrons. The third-order valence-electron chi connectivity index (χ3n) is 3.10. The Morgan fingerprint density at radius 2 is 1.81 bits per heavy atom. The Balaban J connectivity index is 2.09. The third-order valence-corrected chi connectivity index (χ3v) is 3.56. The summed E-state index contributed by atoms with van der Waals surface area (Å²) in [6.45, 7) is 4.15. The van der Waals surface area contributed by atoms with Crippen molar-refractivity contribution >= 4 is 33.3 Å². The van der Waals surface area contributed by atoms with Crippen LogP contribution in [0.1, 0.15) is 24.1 Å². The summed E-state index contributed by atoms with van der Waals surface area (Å²) in [5.41, 5.74) is 9.16. The fourth-order valence-electron chi connectivity index (χ4n) is 2.15. The molecule has 2 aromatic rings. The lowest BCUT2D eigenvalue weighted by Gasteiger charge is -2.17. The Hall–Kier alpha value is -2.01. The lowest BCUT2D eigenvalue weighted by atomic mass is 10.1. The molecule has 0 aliphatic rings. The Bertz CT molecular complexity index is 620. The van der Waals surface area contributed by atoms with E-state index in [2.05, 4.69) is 52.5 Å². The summed E-state index contributed by atoms with van der Waals surface area (Å²) in [6.07, 6.45) is 0. The second-order valence-electron chi connectivity index (χ2n) is 4.99. The van der Waals surface area contributed by atoms with Crippen LogP contribution in [0.2, 0.25) is 0 Å². The molecule has 0 fully saturated rings. The molecule has 0 heterocycles. The lowest BCUT2D eigenvalue weighted by molar-refractivity contribution is 0.259. The van der Waals surface area contributed by atoms with Gasteiger partial charge in [-0.2, -0.15) is 0 Å². The average molecular weight is 348 g/mol. The zero-order chi connectivity index (χ0) is 15.4. The summed E-state index contributed by atoms with van der Waals surface area (Å²) in [6, 6.07) is 13.4. The number of benzene rings is 2. The largest absolute Gasteiger partial charge is 0.378 e. The topological polar surface area (TPSA) is 67.2 Å². The zero-order valence-corrected chi connectivity index (χ0v) is 13.6. The number of aryl methyl sites for hydroxylation is 1. The summed E-state index contributed by atoms with van der Waals surface area (Å²) in [7, 11) is 0. The summed E-state index contributed by atoms with van der Waals surface area (Å²) in [5, 5.41) is 6.01. The first-order chi connectivity index (χ1) is 9.94. The number of primary amides is 1. The monoisotopic (exact) mass is 347 g/mol. The summed E-state index contributed by atoms with van der Waals surface area (Å²) < 4.78 is 1.05. The summed E-state index contributed by atoms with van der Waals surface area (Å²) in [5.74, 6) is 0. The third kappa shape index (κ3) is 4.49. The van der Waals surface area contributed by atoms with E-state index in [0.29, 0.717) is 5.69 Å². The van der Waals surface area contributed by atoms with E-state index in [1.807, 2.05) is 30.3 Å². The van der Waals surface area contributed by atoms with Crippen molar-refractivity contribution in [1.82, 2.24) is 0 Å². The molecule has 0 saturated carbocycles. The highest BCUT2D eigenvalue weighted by Gasteiger charge is 2.06. The van der Waals surface area contributed by atoms with Gasteiger partial charge in [0.2, 0.25) is 0 Å². The molecule has 0 aliphatic carbocycles. The van der Waals surface area contributed by atoms with Crippen LogP contribution in [0.15, 0.2) is 46.9 Å². The van der Waals surface area contributed by atoms with Crippen LogP contribution in [0.3, 0.4) is 0 Å². The average Bonchev–Trinajstić information content (AvgIpc) is 2.37. The first-order valence-corrected chi connectivity index (χ1v) is 7.43. The Kier molecular flexibility index (Phi) is 4.85. The quantitative estimate of drug-likeness (QED) is 0.766. The van der Waals surface area contributed by atoms with E-state index >= 15 is 0 Å². The number of hydrogen-bond acceptors (Lipinski definition) is 2. The van der Waals surface area contributed by atoms with Crippen molar-refractivity contribution in [2.24, 2.45) is 5.73 Å². The van der Waals surface area contributed by atoms with Crippen molar-refractivity contribution in [3.63, 3.8) is 0 Å². The minimum Gasteiger partial charge on any atom is -0.378 e. The number of anilines is 2. The van der Waals surface area contributed by atoms with E-state index in [4.69, 9.17) is 5.73 Å². The Labute approximate surface area is 132 Å². The molecule has 1 unspecified atom stereocenters. The molecule has 4 N–H and O–H groups in total. The SMILES string of the molecule is Cc1cc(Br)cc(NC(C)c2ccc(NC(N)=O)cc2)c1. The number of amides is 2. The summed E-state index contributed by atoms with van der Waals surface area (Å²) >= 11 is 3.50. The van der Waals surface area contributed by atoms with Crippen LogP contribution in [-0.2, 0) is 0 Å². The Morgan fingerprint density at radius 3 is 2.38 bits per heavy atom. The van der Waals surface area contributed by atoms with E-state index in [1.165, 1.54) is 5.56 Å². The zero-order valence-electron chi connectivity index (χ0n) is 12.0. The molecular weight excluding hydrogens is 330 g/mol. The van der Waals surface area contributed by atoms with E-state index in [9.17, 15) is 4.79 Å². The fraction of sp³-hybridized carbons (Fsp3) is 0.188. The van der Waals surface area contributed by atoms with Crippen molar-refractivity contribution in [2.75, 3.05) is 10.6 Å². The van der Waals surface area contributed by atoms with E-state index in [0.717, 1.165) is 15.7 Å². The number of nitrogens with one attached hydrogen (secondary N) is 2. The van der Waals surface area contributed by atoms with Crippen molar-refractivity contribution in [3.05, 3.63) is 58.1 Å². The summed E-state index contributed by atoms with van der Waals surface area (Å²) in [4.78, 5) is 10.8. The molecule has 2 amide bonds. The van der Waals surface area contributed by atoms with Gasteiger partial charge in [0, 0.05) is 21.9 Å². The van der Waals surface area contributed by atoms with Crippen molar-refractivity contribution in [1.29, 1.82) is 0 Å². The van der Waals surface area contributed by atoms with E-state index in [1.54, 1.807) is 0 Å². The molecule has 0 aliphatic heterocycles. The van der Waals surface area contributed by atoms with Gasteiger partial charge >= 0.3 is 6.03 Å². The predicted molar refractivity (Wildman–Crippen MR) is 90.6 cm³/mol. The molecule has 2 rings (SSSR count). The fourth-order valence-corrected chi connectivity index (χ4v) is 2.76. The molecule has 0 radical (unpaired) electrons. The highest BCUT2D eigenvalue weighted by Crippen LogP contribution is 2.24. The minimum atomic E-state index is -0.557.